The summed E-state index contributed by atoms with van der Waals surface area (Å²) >= 11 is 0. The van der Waals surface area contributed by atoms with E-state index < -0.39 is 5.97 Å². The summed E-state index contributed by atoms with van der Waals surface area (Å²) in [7, 11) is 0. The first kappa shape index (κ1) is 15.6. The molecule has 0 radical (unpaired) electrons. The van der Waals surface area contributed by atoms with Gasteiger partial charge in [-0.3, -0.25) is 14.5 Å². The molecule has 2 amide bonds. The molecule has 2 aromatic rings. The second-order valence-electron chi connectivity index (χ2n) is 7.63. The number of amides is 2. The molecule has 5 heteroatoms. The Morgan fingerprint density at radius 1 is 0.962 bits per heavy atom. The molecule has 2 saturated carbocycles. The molecule has 0 unspecified atom stereocenters. The predicted molar refractivity (Wildman–Crippen MR) is 94.1 cm³/mol. The van der Waals surface area contributed by atoms with E-state index in [0.717, 1.165) is 34.9 Å². The van der Waals surface area contributed by atoms with E-state index in [4.69, 9.17) is 4.74 Å². The van der Waals surface area contributed by atoms with Gasteiger partial charge in [-0.25, -0.2) is 4.79 Å². The number of fused-ring (bicyclic) bond motifs is 6. The van der Waals surface area contributed by atoms with Crippen molar-refractivity contribution in [2.24, 2.45) is 23.7 Å². The third-order valence-electron chi connectivity index (χ3n) is 6.26. The standard InChI is InChI=1S/C21H19NO4/c23-17(26-16-8-7-12-3-1-2-4-13(12)10-16)11-22-20(24)18-14-5-6-15(9-14)19(18)21(22)25/h1-4,7-8,10,14-15,18-19H,5-6,9,11H2/t14-,15-,18-,19+/m0/s1. The second kappa shape index (κ2) is 5.66. The van der Waals surface area contributed by atoms with Crippen molar-refractivity contribution >= 4 is 28.6 Å². The first-order valence-electron chi connectivity index (χ1n) is 9.16. The van der Waals surface area contributed by atoms with Crippen molar-refractivity contribution in [2.75, 3.05) is 6.54 Å². The summed E-state index contributed by atoms with van der Waals surface area (Å²) in [5, 5.41) is 2.03. The summed E-state index contributed by atoms with van der Waals surface area (Å²) < 4.78 is 5.39. The van der Waals surface area contributed by atoms with Crippen LogP contribution in [0.5, 0.6) is 5.75 Å². The SMILES string of the molecule is O=C(CN1C(=O)[C@@H]2[C@H]3CC[C@@H](C3)[C@@H]2C1=O)Oc1ccc2ccccc2c1. The topological polar surface area (TPSA) is 63.7 Å². The summed E-state index contributed by atoms with van der Waals surface area (Å²) in [6.45, 7) is -0.295. The molecule has 0 N–H and O–H groups in total. The molecule has 2 bridgehead atoms. The monoisotopic (exact) mass is 349 g/mol. The summed E-state index contributed by atoms with van der Waals surface area (Å²) in [6, 6.07) is 13.2. The van der Waals surface area contributed by atoms with E-state index in [1.165, 1.54) is 0 Å². The molecule has 3 fully saturated rings. The Hall–Kier alpha value is -2.69. The molecule has 132 valence electrons. The number of benzene rings is 2. The van der Waals surface area contributed by atoms with E-state index in [-0.39, 0.29) is 30.2 Å². The van der Waals surface area contributed by atoms with Gasteiger partial charge < -0.3 is 4.74 Å². The number of carbonyl (C=O) groups is 3. The van der Waals surface area contributed by atoms with Crippen LogP contribution in [0.15, 0.2) is 42.5 Å². The van der Waals surface area contributed by atoms with E-state index in [0.29, 0.717) is 17.6 Å². The van der Waals surface area contributed by atoms with Gasteiger partial charge in [-0.15, -0.1) is 0 Å². The Kier molecular flexibility index (Phi) is 3.39. The zero-order valence-corrected chi connectivity index (χ0v) is 14.3. The van der Waals surface area contributed by atoms with Crippen LogP contribution < -0.4 is 4.74 Å². The van der Waals surface area contributed by atoms with Gasteiger partial charge in [0, 0.05) is 0 Å². The van der Waals surface area contributed by atoms with Crippen molar-refractivity contribution in [1.82, 2.24) is 4.90 Å². The number of rotatable bonds is 3. The van der Waals surface area contributed by atoms with Crippen LogP contribution in [0.4, 0.5) is 0 Å². The number of likely N-dealkylation sites (tertiary alicyclic amines) is 1. The highest BCUT2D eigenvalue weighted by molar-refractivity contribution is 6.07. The van der Waals surface area contributed by atoms with Crippen LogP contribution in [-0.2, 0) is 14.4 Å². The summed E-state index contributed by atoms with van der Waals surface area (Å²) in [5.41, 5.74) is 0. The zero-order chi connectivity index (χ0) is 17.8. The minimum atomic E-state index is -0.575. The lowest BCUT2D eigenvalue weighted by Crippen LogP contribution is -2.38. The zero-order valence-electron chi connectivity index (χ0n) is 14.3. The smallest absolute Gasteiger partial charge is 0.331 e. The molecule has 3 aliphatic rings. The highest BCUT2D eigenvalue weighted by atomic mass is 16.5. The molecule has 5 nitrogen and oxygen atoms in total. The van der Waals surface area contributed by atoms with Crippen molar-refractivity contribution in [3.8, 4) is 5.75 Å². The van der Waals surface area contributed by atoms with Crippen LogP contribution in [0, 0.1) is 23.7 Å². The molecular formula is C21H19NO4. The Bertz CT molecular complexity index is 909. The van der Waals surface area contributed by atoms with Crippen molar-refractivity contribution in [1.29, 1.82) is 0 Å². The van der Waals surface area contributed by atoms with Crippen LogP contribution in [0.1, 0.15) is 19.3 Å². The van der Waals surface area contributed by atoms with Crippen LogP contribution in [0.2, 0.25) is 0 Å². The fourth-order valence-corrected chi connectivity index (χ4v) is 5.15. The largest absolute Gasteiger partial charge is 0.425 e. The predicted octanol–water partition coefficient (Wildman–Crippen LogP) is 2.78. The van der Waals surface area contributed by atoms with Gasteiger partial charge in [0.2, 0.25) is 11.8 Å². The number of carbonyl (C=O) groups excluding carboxylic acids is 3. The Morgan fingerprint density at radius 2 is 1.62 bits per heavy atom. The molecule has 1 saturated heterocycles. The fraction of sp³-hybridized carbons (Fsp3) is 0.381. The van der Waals surface area contributed by atoms with E-state index in [2.05, 4.69) is 0 Å². The molecule has 5 rings (SSSR count). The van der Waals surface area contributed by atoms with E-state index in [1.807, 2.05) is 30.3 Å². The third kappa shape index (κ3) is 2.26. The van der Waals surface area contributed by atoms with Gasteiger partial charge in [-0.2, -0.15) is 0 Å². The number of esters is 1. The molecule has 4 atom stereocenters. The van der Waals surface area contributed by atoms with Crippen LogP contribution in [0.3, 0.4) is 0 Å². The molecule has 26 heavy (non-hydrogen) atoms. The molecule has 2 aromatic carbocycles. The van der Waals surface area contributed by atoms with Gasteiger partial charge in [0.1, 0.15) is 12.3 Å². The summed E-state index contributed by atoms with van der Waals surface area (Å²) in [4.78, 5) is 38.7. The molecule has 0 aromatic heterocycles. The average Bonchev–Trinajstić information content (AvgIpc) is 3.32. The minimum Gasteiger partial charge on any atom is -0.425 e. The van der Waals surface area contributed by atoms with Crippen LogP contribution >= 0.6 is 0 Å². The normalized spacial score (nSPS) is 29.5. The molecule has 1 aliphatic heterocycles. The number of imide groups is 1. The fourth-order valence-electron chi connectivity index (χ4n) is 5.15. The van der Waals surface area contributed by atoms with Crippen molar-refractivity contribution in [3.05, 3.63) is 42.5 Å². The van der Waals surface area contributed by atoms with E-state index in [1.54, 1.807) is 12.1 Å². The van der Waals surface area contributed by atoms with Crippen LogP contribution in [0.25, 0.3) is 10.8 Å². The van der Waals surface area contributed by atoms with E-state index in [9.17, 15) is 14.4 Å². The average molecular weight is 349 g/mol. The second-order valence-corrected chi connectivity index (χ2v) is 7.63. The lowest BCUT2D eigenvalue weighted by Gasteiger charge is -2.19. The molecule has 1 heterocycles. The lowest BCUT2D eigenvalue weighted by atomic mass is 9.81. The maximum Gasteiger partial charge on any atom is 0.331 e. The van der Waals surface area contributed by atoms with Gasteiger partial charge in [-0.1, -0.05) is 30.3 Å². The first-order valence-corrected chi connectivity index (χ1v) is 9.16. The summed E-state index contributed by atoms with van der Waals surface area (Å²) in [5.74, 6) is -0.261. The number of ether oxygens (including phenoxy) is 1. The molecule has 2 aliphatic carbocycles. The Balaban J connectivity index is 1.31. The number of hydrogen-bond acceptors (Lipinski definition) is 4. The number of hydrogen-bond donors (Lipinski definition) is 0. The number of nitrogens with zero attached hydrogens (tertiary/aromatic N) is 1. The highest BCUT2D eigenvalue weighted by Crippen LogP contribution is 2.56. The first-order chi connectivity index (χ1) is 12.6. The minimum absolute atomic E-state index is 0.178. The van der Waals surface area contributed by atoms with Gasteiger partial charge in [0.15, 0.2) is 0 Å². The van der Waals surface area contributed by atoms with Crippen molar-refractivity contribution < 1.29 is 19.1 Å². The van der Waals surface area contributed by atoms with Crippen molar-refractivity contribution in [2.45, 2.75) is 19.3 Å². The maximum atomic E-state index is 12.6. The van der Waals surface area contributed by atoms with Gasteiger partial charge in [0.25, 0.3) is 0 Å². The Morgan fingerprint density at radius 3 is 2.31 bits per heavy atom. The van der Waals surface area contributed by atoms with Crippen LogP contribution in [-0.4, -0.2) is 29.2 Å². The van der Waals surface area contributed by atoms with Gasteiger partial charge in [0.05, 0.1) is 11.8 Å². The quantitative estimate of drug-likeness (QED) is 0.486. The Labute approximate surface area is 150 Å². The van der Waals surface area contributed by atoms with Gasteiger partial charge in [-0.05, 0) is 54.0 Å². The third-order valence-corrected chi connectivity index (χ3v) is 6.26. The highest BCUT2D eigenvalue weighted by Gasteiger charge is 2.61. The van der Waals surface area contributed by atoms with Crippen molar-refractivity contribution in [3.63, 3.8) is 0 Å². The molecular weight excluding hydrogens is 330 g/mol. The summed E-state index contributed by atoms with van der Waals surface area (Å²) in [6.07, 6.45) is 3.04. The van der Waals surface area contributed by atoms with Gasteiger partial charge >= 0.3 is 5.97 Å². The maximum absolute atomic E-state index is 12.6. The molecule has 0 spiro atoms. The lowest BCUT2D eigenvalue weighted by molar-refractivity contribution is -0.148. The van der Waals surface area contributed by atoms with E-state index >= 15 is 0 Å².